The van der Waals surface area contributed by atoms with Crippen LogP contribution in [0.25, 0.3) is 0 Å². The summed E-state index contributed by atoms with van der Waals surface area (Å²) in [4.78, 5) is 26.7. The van der Waals surface area contributed by atoms with Gasteiger partial charge in [0.05, 0.1) is 16.4 Å². The summed E-state index contributed by atoms with van der Waals surface area (Å²) in [5.41, 5.74) is 5.76. The molecule has 1 aliphatic heterocycles. The maximum Gasteiger partial charge on any atom is 0.240 e. The van der Waals surface area contributed by atoms with Gasteiger partial charge in [-0.25, -0.2) is 0 Å². The van der Waals surface area contributed by atoms with E-state index in [0.29, 0.717) is 0 Å². The Labute approximate surface area is 130 Å². The van der Waals surface area contributed by atoms with Crippen LogP contribution in [0.15, 0.2) is 30.3 Å². The zero-order valence-electron chi connectivity index (χ0n) is 12.5. The second kappa shape index (κ2) is 5.56. The molecule has 0 aromatic heterocycles. The predicted molar refractivity (Wildman–Crippen MR) is 85.7 cm³/mol. The molecule has 0 radical (unpaired) electrons. The molecule has 2 amide bonds. The highest BCUT2D eigenvalue weighted by molar-refractivity contribution is 7.80. The summed E-state index contributed by atoms with van der Waals surface area (Å²) in [5.74, 6) is -0.434. The third-order valence-corrected chi connectivity index (χ3v) is 4.32. The first-order valence-electron chi connectivity index (χ1n) is 7.00. The van der Waals surface area contributed by atoms with Crippen LogP contribution in [0, 0.1) is 5.92 Å². The summed E-state index contributed by atoms with van der Waals surface area (Å²) in [5, 5.41) is 0. The predicted octanol–water partition coefficient (Wildman–Crippen LogP) is 2.01. The first kappa shape index (κ1) is 15.6. The van der Waals surface area contributed by atoms with Gasteiger partial charge >= 0.3 is 0 Å². The minimum absolute atomic E-state index is 0.00600. The zero-order valence-corrected chi connectivity index (χ0v) is 13.3. The van der Waals surface area contributed by atoms with Crippen LogP contribution in [-0.2, 0) is 15.0 Å². The molecule has 2 atom stereocenters. The number of nitrogens with zero attached hydrogens (tertiary/aromatic N) is 1. The summed E-state index contributed by atoms with van der Waals surface area (Å²) in [6, 6.07) is 8.85. The molecule has 1 aromatic rings. The van der Waals surface area contributed by atoms with E-state index in [-0.39, 0.29) is 29.1 Å². The third kappa shape index (κ3) is 2.58. The Kier molecular flexibility index (Phi) is 4.14. The summed E-state index contributed by atoms with van der Waals surface area (Å²) in [6.07, 6.45) is 0.154. The van der Waals surface area contributed by atoms with Gasteiger partial charge in [-0.1, -0.05) is 56.4 Å². The van der Waals surface area contributed by atoms with Crippen molar-refractivity contribution in [3.63, 3.8) is 0 Å². The van der Waals surface area contributed by atoms with Gasteiger partial charge in [0.1, 0.15) is 0 Å². The fourth-order valence-corrected chi connectivity index (χ4v) is 3.29. The van der Waals surface area contributed by atoms with Crippen molar-refractivity contribution >= 4 is 29.0 Å². The SMILES string of the molecule is CC(C)C(C(N)=S)N1C(=O)CC(C)(c2ccccc2)C1=O. The molecule has 1 saturated heterocycles. The second-order valence-corrected chi connectivity index (χ2v) is 6.51. The van der Waals surface area contributed by atoms with Gasteiger partial charge in [-0.2, -0.15) is 0 Å². The Bertz CT molecular complexity index is 585. The van der Waals surface area contributed by atoms with Gasteiger partial charge in [-0.05, 0) is 18.4 Å². The first-order chi connectivity index (χ1) is 9.79. The lowest BCUT2D eigenvalue weighted by Crippen LogP contribution is -2.51. The van der Waals surface area contributed by atoms with E-state index >= 15 is 0 Å². The van der Waals surface area contributed by atoms with Crippen molar-refractivity contribution in [2.24, 2.45) is 11.7 Å². The molecule has 1 aromatic carbocycles. The largest absolute Gasteiger partial charge is 0.392 e. The lowest BCUT2D eigenvalue weighted by atomic mass is 9.81. The minimum Gasteiger partial charge on any atom is -0.392 e. The number of imide groups is 1. The Morgan fingerprint density at radius 3 is 2.33 bits per heavy atom. The van der Waals surface area contributed by atoms with Crippen molar-refractivity contribution in [3.05, 3.63) is 35.9 Å². The fraction of sp³-hybridized carbons (Fsp3) is 0.438. The van der Waals surface area contributed by atoms with Crippen molar-refractivity contribution in [1.29, 1.82) is 0 Å². The summed E-state index contributed by atoms with van der Waals surface area (Å²) in [7, 11) is 0. The molecular formula is C16H20N2O2S. The molecule has 1 aliphatic rings. The van der Waals surface area contributed by atoms with Crippen LogP contribution >= 0.6 is 12.2 Å². The Balaban J connectivity index is 2.43. The average molecular weight is 304 g/mol. The van der Waals surface area contributed by atoms with Crippen molar-refractivity contribution in [1.82, 2.24) is 4.90 Å². The first-order valence-corrected chi connectivity index (χ1v) is 7.41. The van der Waals surface area contributed by atoms with Crippen molar-refractivity contribution in [3.8, 4) is 0 Å². The van der Waals surface area contributed by atoms with E-state index in [9.17, 15) is 9.59 Å². The molecular weight excluding hydrogens is 284 g/mol. The number of thiocarbonyl (C=S) groups is 1. The number of hydrogen-bond acceptors (Lipinski definition) is 3. The second-order valence-electron chi connectivity index (χ2n) is 6.04. The summed E-state index contributed by atoms with van der Waals surface area (Å²) >= 11 is 5.06. The number of benzene rings is 1. The molecule has 4 nitrogen and oxygen atoms in total. The molecule has 0 aliphatic carbocycles. The van der Waals surface area contributed by atoms with Crippen LogP contribution in [0.1, 0.15) is 32.8 Å². The number of nitrogens with two attached hydrogens (primary N) is 1. The summed E-state index contributed by atoms with van der Waals surface area (Å²) in [6.45, 7) is 5.62. The molecule has 5 heteroatoms. The van der Waals surface area contributed by atoms with E-state index in [1.54, 1.807) is 6.92 Å². The number of likely N-dealkylation sites (tertiary alicyclic amines) is 1. The van der Waals surface area contributed by atoms with Crippen LogP contribution in [0.4, 0.5) is 0 Å². The molecule has 0 saturated carbocycles. The van der Waals surface area contributed by atoms with Gasteiger partial charge in [0.15, 0.2) is 0 Å². The van der Waals surface area contributed by atoms with Crippen LogP contribution in [0.3, 0.4) is 0 Å². The lowest BCUT2D eigenvalue weighted by molar-refractivity contribution is -0.141. The molecule has 2 rings (SSSR count). The van der Waals surface area contributed by atoms with Crippen LogP contribution < -0.4 is 5.73 Å². The Morgan fingerprint density at radius 1 is 1.29 bits per heavy atom. The molecule has 2 N–H and O–H groups in total. The average Bonchev–Trinajstić information content (AvgIpc) is 2.64. The molecule has 0 bridgehead atoms. The molecule has 2 unspecified atom stereocenters. The van der Waals surface area contributed by atoms with E-state index in [2.05, 4.69) is 0 Å². The van der Waals surface area contributed by atoms with Crippen LogP contribution in [-0.4, -0.2) is 27.7 Å². The third-order valence-electron chi connectivity index (χ3n) is 4.08. The Morgan fingerprint density at radius 2 is 1.86 bits per heavy atom. The Hall–Kier alpha value is -1.75. The number of carbonyl (C=O) groups excluding carboxylic acids is 2. The van der Waals surface area contributed by atoms with Gasteiger partial charge in [0.25, 0.3) is 0 Å². The van der Waals surface area contributed by atoms with Crippen molar-refractivity contribution < 1.29 is 9.59 Å². The maximum absolute atomic E-state index is 12.9. The van der Waals surface area contributed by atoms with Gasteiger partial charge in [-0.3, -0.25) is 14.5 Å². The minimum atomic E-state index is -0.837. The zero-order chi connectivity index (χ0) is 15.8. The van der Waals surface area contributed by atoms with Crippen LogP contribution in [0.5, 0.6) is 0 Å². The molecule has 0 spiro atoms. The van der Waals surface area contributed by atoms with Crippen LogP contribution in [0.2, 0.25) is 0 Å². The number of hydrogen-bond donors (Lipinski definition) is 1. The molecule has 1 fully saturated rings. The van der Waals surface area contributed by atoms with E-state index in [4.69, 9.17) is 18.0 Å². The number of amides is 2. The smallest absolute Gasteiger partial charge is 0.240 e. The maximum atomic E-state index is 12.9. The van der Waals surface area contributed by atoms with Crippen molar-refractivity contribution in [2.75, 3.05) is 0 Å². The van der Waals surface area contributed by atoms with E-state index in [0.717, 1.165) is 5.56 Å². The fourth-order valence-electron chi connectivity index (χ4n) is 2.91. The summed E-state index contributed by atoms with van der Waals surface area (Å²) < 4.78 is 0. The number of rotatable bonds is 4. The van der Waals surface area contributed by atoms with Gasteiger partial charge in [0, 0.05) is 6.42 Å². The molecule has 1 heterocycles. The highest BCUT2D eigenvalue weighted by Crippen LogP contribution is 2.38. The molecule has 112 valence electrons. The highest BCUT2D eigenvalue weighted by atomic mass is 32.1. The van der Waals surface area contributed by atoms with Gasteiger partial charge in [0.2, 0.25) is 11.8 Å². The topological polar surface area (TPSA) is 63.4 Å². The molecule has 21 heavy (non-hydrogen) atoms. The standard InChI is InChI=1S/C16H20N2O2S/c1-10(2)13(14(17)21)18-12(19)9-16(3,15(18)20)11-7-5-4-6-8-11/h4-8,10,13H,9H2,1-3H3,(H2,17,21). The van der Waals surface area contributed by atoms with Gasteiger partial charge < -0.3 is 5.73 Å². The van der Waals surface area contributed by atoms with E-state index in [1.165, 1.54) is 4.90 Å². The number of carbonyl (C=O) groups is 2. The quantitative estimate of drug-likeness (QED) is 0.683. The van der Waals surface area contributed by atoms with Crippen molar-refractivity contribution in [2.45, 2.75) is 38.6 Å². The lowest BCUT2D eigenvalue weighted by Gasteiger charge is -2.30. The normalized spacial score (nSPS) is 23.7. The van der Waals surface area contributed by atoms with E-state index < -0.39 is 11.5 Å². The monoisotopic (exact) mass is 304 g/mol. The van der Waals surface area contributed by atoms with Gasteiger partial charge in [-0.15, -0.1) is 0 Å². The highest BCUT2D eigenvalue weighted by Gasteiger charge is 2.52. The van der Waals surface area contributed by atoms with E-state index in [1.807, 2.05) is 44.2 Å².